The number of carbonyl (C=O) groups excluding carboxylic acids is 1. The Balaban J connectivity index is 2.18. The second-order valence-electron chi connectivity index (χ2n) is 3.22. The van der Waals surface area contributed by atoms with Gasteiger partial charge in [-0.25, -0.2) is 4.98 Å². The minimum Gasteiger partial charge on any atom is -0.370 e. The highest BCUT2D eigenvalue weighted by Gasteiger charge is 2.10. The molecule has 0 spiro atoms. The Labute approximate surface area is 96.8 Å². The standard InChI is InChI=1S/C9H14F2N4O2/c10-9(11)15-3-1-14-8(15)5-13-2-4-17-6-7(12)16/h1,3,9,13H,2,4-6H2,(H2,12,16). The highest BCUT2D eigenvalue weighted by atomic mass is 19.3. The number of carbonyl (C=O) groups is 1. The van der Waals surface area contributed by atoms with Crippen LogP contribution in [0.15, 0.2) is 12.4 Å². The fourth-order valence-electron chi connectivity index (χ4n) is 1.18. The van der Waals surface area contributed by atoms with Crippen molar-refractivity contribution in [1.29, 1.82) is 0 Å². The Hall–Kier alpha value is -1.54. The number of hydrogen-bond acceptors (Lipinski definition) is 4. The number of nitrogens with one attached hydrogen (secondary N) is 1. The molecule has 1 aromatic rings. The van der Waals surface area contributed by atoms with Crippen LogP contribution < -0.4 is 11.1 Å². The molecule has 17 heavy (non-hydrogen) atoms. The van der Waals surface area contributed by atoms with E-state index in [2.05, 4.69) is 10.3 Å². The Morgan fingerprint density at radius 1 is 1.65 bits per heavy atom. The molecule has 1 aromatic heterocycles. The lowest BCUT2D eigenvalue weighted by molar-refractivity contribution is -0.122. The van der Waals surface area contributed by atoms with E-state index >= 15 is 0 Å². The van der Waals surface area contributed by atoms with Crippen molar-refractivity contribution in [1.82, 2.24) is 14.9 Å². The minimum atomic E-state index is -2.60. The fourth-order valence-corrected chi connectivity index (χ4v) is 1.18. The van der Waals surface area contributed by atoms with Crippen LogP contribution in [0.25, 0.3) is 0 Å². The van der Waals surface area contributed by atoms with Crippen LogP contribution in [-0.2, 0) is 16.1 Å². The van der Waals surface area contributed by atoms with Gasteiger partial charge in [0.05, 0.1) is 13.2 Å². The average molecular weight is 248 g/mol. The Bertz CT molecular complexity index is 357. The maximum Gasteiger partial charge on any atom is 0.319 e. The normalized spacial score (nSPS) is 11.0. The molecule has 3 N–H and O–H groups in total. The summed E-state index contributed by atoms with van der Waals surface area (Å²) in [6.07, 6.45) is 2.53. The van der Waals surface area contributed by atoms with E-state index in [9.17, 15) is 13.6 Å². The van der Waals surface area contributed by atoms with E-state index in [0.717, 1.165) is 4.57 Å². The number of halogens is 2. The van der Waals surface area contributed by atoms with E-state index in [0.29, 0.717) is 6.54 Å². The van der Waals surface area contributed by atoms with Gasteiger partial charge in [-0.2, -0.15) is 8.78 Å². The molecule has 0 saturated carbocycles. The van der Waals surface area contributed by atoms with E-state index in [4.69, 9.17) is 10.5 Å². The van der Waals surface area contributed by atoms with Crippen LogP contribution in [0.1, 0.15) is 12.4 Å². The van der Waals surface area contributed by atoms with Gasteiger partial charge in [-0.05, 0) is 0 Å². The van der Waals surface area contributed by atoms with Gasteiger partial charge < -0.3 is 15.8 Å². The van der Waals surface area contributed by atoms with E-state index in [1.807, 2.05) is 0 Å². The molecular formula is C9H14F2N4O2. The first-order valence-electron chi connectivity index (χ1n) is 4.98. The zero-order chi connectivity index (χ0) is 12.7. The molecule has 8 heteroatoms. The first-order valence-corrected chi connectivity index (χ1v) is 4.98. The summed E-state index contributed by atoms with van der Waals surface area (Å²) >= 11 is 0. The lowest BCUT2D eigenvalue weighted by Crippen LogP contribution is -2.24. The first-order chi connectivity index (χ1) is 8.11. The second kappa shape index (κ2) is 6.92. The third kappa shape index (κ3) is 4.87. The second-order valence-corrected chi connectivity index (χ2v) is 3.22. The SMILES string of the molecule is NC(=O)COCCNCc1nccn1C(F)F. The third-order valence-electron chi connectivity index (χ3n) is 1.91. The number of amides is 1. The Kier molecular flexibility index (Phi) is 5.50. The molecule has 0 aliphatic heterocycles. The molecule has 0 unspecified atom stereocenters. The molecule has 0 bridgehead atoms. The number of ether oxygens (including phenoxy) is 1. The number of alkyl halides is 2. The molecule has 0 radical (unpaired) electrons. The Morgan fingerprint density at radius 2 is 2.41 bits per heavy atom. The molecule has 0 fully saturated rings. The van der Waals surface area contributed by atoms with Gasteiger partial charge in [0.15, 0.2) is 0 Å². The number of hydrogen-bond donors (Lipinski definition) is 2. The van der Waals surface area contributed by atoms with E-state index in [1.165, 1.54) is 12.4 Å². The van der Waals surface area contributed by atoms with Crippen LogP contribution in [0.5, 0.6) is 0 Å². The quantitative estimate of drug-likeness (QED) is 0.628. The van der Waals surface area contributed by atoms with Crippen molar-refractivity contribution >= 4 is 5.91 Å². The maximum absolute atomic E-state index is 12.4. The number of nitrogens with zero attached hydrogens (tertiary/aromatic N) is 2. The van der Waals surface area contributed by atoms with Gasteiger partial charge in [0, 0.05) is 18.9 Å². The summed E-state index contributed by atoms with van der Waals surface area (Å²) in [4.78, 5) is 14.1. The highest BCUT2D eigenvalue weighted by molar-refractivity contribution is 5.74. The van der Waals surface area contributed by atoms with Crippen molar-refractivity contribution in [3.8, 4) is 0 Å². The van der Waals surface area contributed by atoms with Gasteiger partial charge in [-0.1, -0.05) is 0 Å². The number of rotatable bonds is 8. The van der Waals surface area contributed by atoms with Crippen LogP contribution >= 0.6 is 0 Å². The lowest BCUT2D eigenvalue weighted by atomic mass is 10.5. The van der Waals surface area contributed by atoms with Crippen molar-refractivity contribution in [2.45, 2.75) is 13.1 Å². The summed E-state index contributed by atoms with van der Waals surface area (Å²) < 4.78 is 30.5. The molecule has 0 aliphatic carbocycles. The summed E-state index contributed by atoms with van der Waals surface area (Å²) in [6, 6.07) is 0. The summed E-state index contributed by atoms with van der Waals surface area (Å²) in [5.74, 6) is -0.298. The van der Waals surface area contributed by atoms with Gasteiger partial charge >= 0.3 is 6.55 Å². The molecule has 0 atom stereocenters. The van der Waals surface area contributed by atoms with Crippen LogP contribution in [-0.4, -0.2) is 35.2 Å². The number of primary amides is 1. The molecule has 1 amide bonds. The van der Waals surface area contributed by atoms with E-state index < -0.39 is 12.5 Å². The van der Waals surface area contributed by atoms with E-state index in [-0.39, 0.29) is 25.6 Å². The van der Waals surface area contributed by atoms with Crippen molar-refractivity contribution in [3.63, 3.8) is 0 Å². The minimum absolute atomic E-state index is 0.145. The summed E-state index contributed by atoms with van der Waals surface area (Å²) in [5, 5.41) is 2.86. The molecule has 1 heterocycles. The molecule has 0 aromatic carbocycles. The molecule has 6 nitrogen and oxygen atoms in total. The van der Waals surface area contributed by atoms with Crippen molar-refractivity contribution < 1.29 is 18.3 Å². The predicted molar refractivity (Wildman–Crippen MR) is 55.2 cm³/mol. The zero-order valence-electron chi connectivity index (χ0n) is 9.10. The zero-order valence-corrected chi connectivity index (χ0v) is 9.10. The summed E-state index contributed by atoms with van der Waals surface area (Å²) in [6.45, 7) is -1.84. The predicted octanol–water partition coefficient (Wildman–Crippen LogP) is -0.130. The topological polar surface area (TPSA) is 82.2 Å². The first kappa shape index (κ1) is 13.5. The number of nitrogens with two attached hydrogens (primary N) is 1. The monoisotopic (exact) mass is 248 g/mol. The van der Waals surface area contributed by atoms with Crippen LogP contribution in [0.3, 0.4) is 0 Å². The fraction of sp³-hybridized carbons (Fsp3) is 0.556. The average Bonchev–Trinajstić information content (AvgIpc) is 2.71. The lowest BCUT2D eigenvalue weighted by Gasteiger charge is -2.07. The maximum atomic E-state index is 12.4. The smallest absolute Gasteiger partial charge is 0.319 e. The summed E-state index contributed by atoms with van der Waals surface area (Å²) in [7, 11) is 0. The molecule has 0 aliphatic rings. The van der Waals surface area contributed by atoms with Gasteiger partial charge in [0.25, 0.3) is 0 Å². The third-order valence-corrected chi connectivity index (χ3v) is 1.91. The largest absolute Gasteiger partial charge is 0.370 e. The molecular weight excluding hydrogens is 234 g/mol. The van der Waals surface area contributed by atoms with Crippen LogP contribution in [0.2, 0.25) is 0 Å². The van der Waals surface area contributed by atoms with Crippen molar-refractivity contribution in [3.05, 3.63) is 18.2 Å². The molecule has 0 saturated heterocycles. The van der Waals surface area contributed by atoms with Crippen LogP contribution in [0.4, 0.5) is 8.78 Å². The van der Waals surface area contributed by atoms with Crippen molar-refractivity contribution in [2.24, 2.45) is 5.73 Å². The number of imidazole rings is 1. The van der Waals surface area contributed by atoms with Crippen molar-refractivity contribution in [2.75, 3.05) is 19.8 Å². The van der Waals surface area contributed by atoms with E-state index in [1.54, 1.807) is 0 Å². The summed E-state index contributed by atoms with van der Waals surface area (Å²) in [5.41, 5.74) is 4.86. The Morgan fingerprint density at radius 3 is 3.06 bits per heavy atom. The van der Waals surface area contributed by atoms with Crippen LogP contribution in [0, 0.1) is 0 Å². The molecule has 96 valence electrons. The van der Waals surface area contributed by atoms with Gasteiger partial charge in [0.1, 0.15) is 12.4 Å². The number of aromatic nitrogens is 2. The van der Waals surface area contributed by atoms with Gasteiger partial charge in [-0.15, -0.1) is 0 Å². The molecule has 1 rings (SSSR count). The highest BCUT2D eigenvalue weighted by Crippen LogP contribution is 2.11. The van der Waals surface area contributed by atoms with Gasteiger partial charge in [0.2, 0.25) is 5.91 Å². The van der Waals surface area contributed by atoms with Gasteiger partial charge in [-0.3, -0.25) is 9.36 Å².